The maximum absolute atomic E-state index is 13.2. The van der Waals surface area contributed by atoms with E-state index in [2.05, 4.69) is 49.8 Å². The summed E-state index contributed by atoms with van der Waals surface area (Å²) in [4.78, 5) is 25.0. The van der Waals surface area contributed by atoms with Gasteiger partial charge in [0, 0.05) is 22.9 Å². The topological polar surface area (TPSA) is 58.1 Å². The van der Waals surface area contributed by atoms with Gasteiger partial charge in [-0.25, -0.2) is 9.97 Å². The quantitative estimate of drug-likeness (QED) is 0.877. The van der Waals surface area contributed by atoms with Crippen molar-refractivity contribution in [2.24, 2.45) is 5.41 Å². The fourth-order valence-corrected chi connectivity index (χ4v) is 4.29. The van der Waals surface area contributed by atoms with Crippen LogP contribution in [0.25, 0.3) is 0 Å². The van der Waals surface area contributed by atoms with Crippen molar-refractivity contribution in [2.75, 3.05) is 13.1 Å². The van der Waals surface area contributed by atoms with Gasteiger partial charge in [0.15, 0.2) is 0 Å². The standard InChI is InChI=1S/C22H36N4O/c1-20(2,3)18-23-14-15-16(24-18)12-21(4,5)13-17(15)25-19(27)22(6,7)26-10-8-9-11-26/h14,17H,8-13H2,1-7H3,(H,25,27). The van der Waals surface area contributed by atoms with Crippen LogP contribution in [0, 0.1) is 5.41 Å². The van der Waals surface area contributed by atoms with Crippen LogP contribution in [0.3, 0.4) is 0 Å². The number of amides is 1. The van der Waals surface area contributed by atoms with Crippen molar-refractivity contribution < 1.29 is 4.79 Å². The summed E-state index contributed by atoms with van der Waals surface area (Å²) in [5.41, 5.74) is 1.73. The van der Waals surface area contributed by atoms with Crippen molar-refractivity contribution in [3.05, 3.63) is 23.3 Å². The highest BCUT2D eigenvalue weighted by Crippen LogP contribution is 2.40. The summed E-state index contributed by atoms with van der Waals surface area (Å²) in [7, 11) is 0. The van der Waals surface area contributed by atoms with E-state index < -0.39 is 5.54 Å². The molecule has 1 aliphatic heterocycles. The molecule has 1 N–H and O–H groups in total. The molecule has 0 bridgehead atoms. The highest BCUT2D eigenvalue weighted by Gasteiger charge is 2.40. The number of hydrogen-bond acceptors (Lipinski definition) is 4. The molecule has 1 saturated heterocycles. The van der Waals surface area contributed by atoms with Crippen molar-refractivity contribution in [1.82, 2.24) is 20.2 Å². The van der Waals surface area contributed by atoms with Crippen LogP contribution in [-0.2, 0) is 16.6 Å². The first kappa shape index (κ1) is 20.2. The van der Waals surface area contributed by atoms with E-state index in [-0.39, 0.29) is 22.8 Å². The maximum atomic E-state index is 13.2. The summed E-state index contributed by atoms with van der Waals surface area (Å²) in [6.45, 7) is 17.0. The number of hydrogen-bond donors (Lipinski definition) is 1. The molecule has 5 heteroatoms. The number of nitrogens with zero attached hydrogens (tertiary/aromatic N) is 3. The number of aromatic nitrogens is 2. The molecule has 0 saturated carbocycles. The molecule has 2 aliphatic rings. The molecule has 1 fully saturated rings. The van der Waals surface area contributed by atoms with Gasteiger partial charge in [0.25, 0.3) is 0 Å². The Morgan fingerprint density at radius 3 is 2.41 bits per heavy atom. The first-order valence-corrected chi connectivity index (χ1v) is 10.3. The Bertz CT molecular complexity index is 712. The van der Waals surface area contributed by atoms with Crippen LogP contribution in [0.15, 0.2) is 6.20 Å². The minimum Gasteiger partial charge on any atom is -0.348 e. The highest BCUT2D eigenvalue weighted by molar-refractivity contribution is 5.85. The second-order valence-corrected chi connectivity index (χ2v) is 10.7. The molecular formula is C22H36N4O. The number of rotatable bonds is 3. The monoisotopic (exact) mass is 372 g/mol. The summed E-state index contributed by atoms with van der Waals surface area (Å²) in [5, 5.41) is 3.35. The van der Waals surface area contributed by atoms with E-state index in [1.165, 1.54) is 12.8 Å². The molecule has 1 aromatic rings. The van der Waals surface area contributed by atoms with Gasteiger partial charge in [0.2, 0.25) is 5.91 Å². The van der Waals surface area contributed by atoms with Crippen LogP contribution < -0.4 is 5.32 Å². The van der Waals surface area contributed by atoms with Gasteiger partial charge < -0.3 is 5.32 Å². The molecule has 0 spiro atoms. The normalized spacial score (nSPS) is 23.1. The van der Waals surface area contributed by atoms with E-state index in [1.54, 1.807) is 0 Å². The molecule has 1 amide bonds. The third-order valence-corrected chi connectivity index (χ3v) is 6.11. The molecule has 1 unspecified atom stereocenters. The van der Waals surface area contributed by atoms with Crippen LogP contribution in [0.4, 0.5) is 0 Å². The third-order valence-electron chi connectivity index (χ3n) is 6.11. The lowest BCUT2D eigenvalue weighted by molar-refractivity contribution is -0.132. The summed E-state index contributed by atoms with van der Waals surface area (Å²) in [6.07, 6.45) is 6.15. The molecular weight excluding hydrogens is 336 g/mol. The lowest BCUT2D eigenvalue weighted by atomic mass is 9.74. The van der Waals surface area contributed by atoms with E-state index >= 15 is 0 Å². The SMILES string of the molecule is CC1(C)Cc2nc(C(C)(C)C)ncc2C(NC(=O)C(C)(C)N2CCCC2)C1. The van der Waals surface area contributed by atoms with Crippen molar-refractivity contribution >= 4 is 5.91 Å². The van der Waals surface area contributed by atoms with E-state index in [1.807, 2.05) is 20.0 Å². The van der Waals surface area contributed by atoms with Crippen LogP contribution >= 0.6 is 0 Å². The molecule has 1 atom stereocenters. The van der Waals surface area contributed by atoms with Crippen LogP contribution in [-0.4, -0.2) is 39.4 Å². The average Bonchev–Trinajstić information content (AvgIpc) is 3.07. The largest absolute Gasteiger partial charge is 0.348 e. The number of nitrogens with one attached hydrogen (secondary N) is 1. The van der Waals surface area contributed by atoms with E-state index in [0.29, 0.717) is 0 Å². The van der Waals surface area contributed by atoms with Crippen LogP contribution in [0.5, 0.6) is 0 Å². The Morgan fingerprint density at radius 2 is 1.81 bits per heavy atom. The molecule has 3 rings (SSSR count). The predicted molar refractivity (Wildman–Crippen MR) is 109 cm³/mol. The Morgan fingerprint density at radius 1 is 1.19 bits per heavy atom. The first-order chi connectivity index (χ1) is 12.4. The number of carbonyl (C=O) groups is 1. The smallest absolute Gasteiger partial charge is 0.240 e. The van der Waals surface area contributed by atoms with Gasteiger partial charge in [-0.1, -0.05) is 34.6 Å². The van der Waals surface area contributed by atoms with Gasteiger partial charge in [0.1, 0.15) is 5.82 Å². The Labute approximate surface area is 164 Å². The van der Waals surface area contributed by atoms with E-state index in [9.17, 15) is 4.79 Å². The Hall–Kier alpha value is -1.49. The van der Waals surface area contributed by atoms with Crippen molar-refractivity contribution in [3.63, 3.8) is 0 Å². The fourth-order valence-electron chi connectivity index (χ4n) is 4.29. The van der Waals surface area contributed by atoms with Gasteiger partial charge in [-0.3, -0.25) is 9.69 Å². The number of fused-ring (bicyclic) bond motifs is 1. The maximum Gasteiger partial charge on any atom is 0.240 e. The van der Waals surface area contributed by atoms with Crippen molar-refractivity contribution in [3.8, 4) is 0 Å². The Balaban J connectivity index is 1.87. The predicted octanol–water partition coefficient (Wildman–Crippen LogP) is 3.78. The van der Waals surface area contributed by atoms with Gasteiger partial charge in [-0.2, -0.15) is 0 Å². The Kier molecular flexibility index (Phi) is 5.13. The summed E-state index contributed by atoms with van der Waals surface area (Å²) < 4.78 is 0. The zero-order valence-electron chi connectivity index (χ0n) is 18.1. The van der Waals surface area contributed by atoms with E-state index in [0.717, 1.165) is 43.0 Å². The molecule has 1 aliphatic carbocycles. The van der Waals surface area contributed by atoms with E-state index in [4.69, 9.17) is 4.98 Å². The van der Waals surface area contributed by atoms with Crippen molar-refractivity contribution in [1.29, 1.82) is 0 Å². The second-order valence-electron chi connectivity index (χ2n) is 10.7. The zero-order chi connectivity index (χ0) is 20.0. The minimum absolute atomic E-state index is 0.0212. The van der Waals surface area contributed by atoms with Crippen LogP contribution in [0.2, 0.25) is 0 Å². The first-order valence-electron chi connectivity index (χ1n) is 10.3. The average molecular weight is 373 g/mol. The fraction of sp³-hybridized carbons (Fsp3) is 0.773. The van der Waals surface area contributed by atoms with Crippen molar-refractivity contribution in [2.45, 2.75) is 91.1 Å². The molecule has 1 aromatic heterocycles. The molecule has 0 aromatic carbocycles. The summed E-state index contributed by atoms with van der Waals surface area (Å²) >= 11 is 0. The molecule has 27 heavy (non-hydrogen) atoms. The second kappa shape index (κ2) is 6.84. The zero-order valence-corrected chi connectivity index (χ0v) is 18.1. The lowest BCUT2D eigenvalue weighted by Gasteiger charge is -2.40. The molecule has 2 heterocycles. The van der Waals surface area contributed by atoms with Gasteiger partial charge >= 0.3 is 0 Å². The molecule has 5 nitrogen and oxygen atoms in total. The summed E-state index contributed by atoms with van der Waals surface area (Å²) in [5.74, 6) is 0.986. The summed E-state index contributed by atoms with van der Waals surface area (Å²) in [6, 6.07) is -0.0212. The van der Waals surface area contributed by atoms with Gasteiger partial charge in [0.05, 0.1) is 11.6 Å². The highest BCUT2D eigenvalue weighted by atomic mass is 16.2. The number of carbonyl (C=O) groups excluding carboxylic acids is 1. The molecule has 150 valence electrons. The van der Waals surface area contributed by atoms with Gasteiger partial charge in [-0.05, 0) is 58.0 Å². The lowest BCUT2D eigenvalue weighted by Crippen LogP contribution is -2.55. The van der Waals surface area contributed by atoms with Gasteiger partial charge in [-0.15, -0.1) is 0 Å². The minimum atomic E-state index is -0.482. The van der Waals surface area contributed by atoms with Crippen LogP contribution in [0.1, 0.15) is 90.9 Å². The third kappa shape index (κ3) is 4.18. The number of likely N-dealkylation sites (tertiary alicyclic amines) is 1. The molecule has 0 radical (unpaired) electrons.